The number of rotatable bonds is 2. The van der Waals surface area contributed by atoms with Gasteiger partial charge in [-0.1, -0.05) is 6.92 Å². The van der Waals surface area contributed by atoms with Crippen LogP contribution >= 0.6 is 0 Å². The van der Waals surface area contributed by atoms with Gasteiger partial charge in [-0.25, -0.2) is 0 Å². The molecule has 50 valence electrons. The summed E-state index contributed by atoms with van der Waals surface area (Å²) in [6, 6.07) is -0.638. The Hall–Kier alpha value is -1.06. The molecule has 9 heavy (non-hydrogen) atoms. The minimum absolute atomic E-state index is 0.498. The molecule has 0 bridgehead atoms. The van der Waals surface area contributed by atoms with Crippen molar-refractivity contribution < 1.29 is 4.79 Å². The molecule has 0 unspecified atom stereocenters. The lowest BCUT2D eigenvalue weighted by molar-refractivity contribution is -0.119. The van der Waals surface area contributed by atoms with Crippen LogP contribution in [-0.4, -0.2) is 11.9 Å². The maximum absolute atomic E-state index is 10.4. The van der Waals surface area contributed by atoms with Gasteiger partial charge in [0.1, 0.15) is 0 Å². The van der Waals surface area contributed by atoms with Gasteiger partial charge in [0.15, 0.2) is 0 Å². The van der Waals surface area contributed by atoms with E-state index in [4.69, 9.17) is 11.3 Å². The molecule has 0 saturated carbocycles. The fourth-order valence-electron chi connectivity index (χ4n) is 0.293. The second-order valence-electron chi connectivity index (χ2n) is 1.54. The van der Waals surface area contributed by atoms with Crippen molar-refractivity contribution in [3.63, 3.8) is 0 Å². The summed E-state index contributed by atoms with van der Waals surface area (Å²) in [5.41, 5.74) is 13.0. The smallest absolute Gasteiger partial charge is 0.235 e. The molecule has 0 aromatic heterocycles. The molecule has 2 N–H and O–H groups in total. The summed E-state index contributed by atoms with van der Waals surface area (Å²) in [5.74, 6) is -0.597. The van der Waals surface area contributed by atoms with Gasteiger partial charge >= 0.3 is 0 Å². The second-order valence-corrected chi connectivity index (χ2v) is 1.54. The van der Waals surface area contributed by atoms with E-state index < -0.39 is 11.9 Å². The summed E-state index contributed by atoms with van der Waals surface area (Å²) in [7, 11) is 0. The molecule has 0 fully saturated rings. The van der Waals surface area contributed by atoms with Gasteiger partial charge in [0.05, 0.1) is 6.04 Å². The van der Waals surface area contributed by atoms with E-state index in [9.17, 15) is 4.79 Å². The SMILES string of the molecule is CC[C@H](N)C(=O)N=[N+]=[N-]. The fourth-order valence-corrected chi connectivity index (χ4v) is 0.293. The fraction of sp³-hybridized carbons (Fsp3) is 0.750. The Balaban J connectivity index is 3.87. The van der Waals surface area contributed by atoms with Gasteiger partial charge in [-0.05, 0) is 17.1 Å². The Morgan fingerprint density at radius 1 is 2.00 bits per heavy atom. The van der Waals surface area contributed by atoms with Crippen molar-refractivity contribution in [3.05, 3.63) is 10.4 Å². The average Bonchev–Trinajstić information content (AvgIpc) is 1.87. The van der Waals surface area contributed by atoms with E-state index in [1.165, 1.54) is 0 Å². The second kappa shape index (κ2) is 3.88. The van der Waals surface area contributed by atoms with Crippen molar-refractivity contribution in [1.82, 2.24) is 0 Å². The molecule has 0 radical (unpaired) electrons. The molecule has 1 atom stereocenters. The topological polar surface area (TPSA) is 91.9 Å². The summed E-state index contributed by atoms with van der Waals surface area (Å²) < 4.78 is 0. The number of hydrogen-bond donors (Lipinski definition) is 1. The van der Waals surface area contributed by atoms with Crippen LogP contribution in [0, 0.1) is 0 Å². The van der Waals surface area contributed by atoms with E-state index in [1.807, 2.05) is 0 Å². The monoisotopic (exact) mass is 128 g/mol. The first kappa shape index (κ1) is 7.94. The van der Waals surface area contributed by atoms with Crippen LogP contribution in [0.15, 0.2) is 5.11 Å². The Bertz CT molecular complexity index is 149. The van der Waals surface area contributed by atoms with Crippen LogP contribution in [0.5, 0.6) is 0 Å². The van der Waals surface area contributed by atoms with Crippen molar-refractivity contribution in [3.8, 4) is 0 Å². The number of hydrogen-bond acceptors (Lipinski definition) is 2. The van der Waals surface area contributed by atoms with Crippen molar-refractivity contribution >= 4 is 5.91 Å². The van der Waals surface area contributed by atoms with E-state index in [-0.39, 0.29) is 0 Å². The zero-order valence-corrected chi connectivity index (χ0v) is 5.11. The molecule has 5 nitrogen and oxygen atoms in total. The summed E-state index contributed by atoms with van der Waals surface area (Å²) in [6.07, 6.45) is 0.498. The third-order valence-corrected chi connectivity index (χ3v) is 0.900. The lowest BCUT2D eigenvalue weighted by atomic mass is 10.2. The average molecular weight is 128 g/mol. The van der Waals surface area contributed by atoms with E-state index in [1.54, 1.807) is 6.92 Å². The van der Waals surface area contributed by atoms with Gasteiger partial charge in [0.2, 0.25) is 5.91 Å². The van der Waals surface area contributed by atoms with Gasteiger partial charge in [-0.15, -0.1) is 0 Å². The number of carbonyl (C=O) groups is 1. The minimum Gasteiger partial charge on any atom is -0.321 e. The molecule has 0 heterocycles. The highest BCUT2D eigenvalue weighted by molar-refractivity contribution is 5.82. The van der Waals surface area contributed by atoms with Gasteiger partial charge in [0, 0.05) is 4.91 Å². The maximum Gasteiger partial charge on any atom is 0.235 e. The third kappa shape index (κ3) is 2.69. The lowest BCUT2D eigenvalue weighted by Gasteiger charge is -1.98. The van der Waals surface area contributed by atoms with Gasteiger partial charge in [-0.3, -0.25) is 4.79 Å². The number of nitrogens with two attached hydrogens (primary N) is 1. The van der Waals surface area contributed by atoms with E-state index >= 15 is 0 Å². The van der Waals surface area contributed by atoms with E-state index in [0.29, 0.717) is 6.42 Å². The number of carbonyl (C=O) groups excluding carboxylic acids is 1. The van der Waals surface area contributed by atoms with E-state index in [2.05, 4.69) is 10.0 Å². The highest BCUT2D eigenvalue weighted by Crippen LogP contribution is 1.88. The minimum atomic E-state index is -0.638. The quantitative estimate of drug-likeness (QED) is 0.334. The largest absolute Gasteiger partial charge is 0.321 e. The van der Waals surface area contributed by atoms with Crippen LogP contribution in [0.4, 0.5) is 0 Å². The predicted molar refractivity (Wildman–Crippen MR) is 32.4 cm³/mol. The highest BCUT2D eigenvalue weighted by atomic mass is 16.2. The number of azide groups is 1. The highest BCUT2D eigenvalue weighted by Gasteiger charge is 2.06. The summed E-state index contributed by atoms with van der Waals surface area (Å²) in [6.45, 7) is 1.75. The van der Waals surface area contributed by atoms with E-state index in [0.717, 1.165) is 0 Å². The Labute approximate surface area is 52.5 Å². The molecule has 0 aromatic rings. The van der Waals surface area contributed by atoms with Gasteiger partial charge < -0.3 is 5.73 Å². The van der Waals surface area contributed by atoms with Crippen LogP contribution in [0.25, 0.3) is 10.4 Å². The molecule has 0 aliphatic rings. The van der Waals surface area contributed by atoms with Gasteiger partial charge in [0.25, 0.3) is 0 Å². The van der Waals surface area contributed by atoms with Crippen molar-refractivity contribution in [2.75, 3.05) is 0 Å². The Morgan fingerprint density at radius 3 is 2.89 bits per heavy atom. The van der Waals surface area contributed by atoms with Crippen LogP contribution in [-0.2, 0) is 4.79 Å². The third-order valence-electron chi connectivity index (χ3n) is 0.900. The number of nitrogens with zero attached hydrogens (tertiary/aromatic N) is 3. The van der Waals surface area contributed by atoms with Crippen molar-refractivity contribution in [2.24, 2.45) is 10.8 Å². The molecule has 0 saturated heterocycles. The van der Waals surface area contributed by atoms with Crippen molar-refractivity contribution in [2.45, 2.75) is 19.4 Å². The van der Waals surface area contributed by atoms with Crippen LogP contribution in [0.2, 0.25) is 0 Å². The molecule has 5 heteroatoms. The Kier molecular flexibility index (Phi) is 3.43. The van der Waals surface area contributed by atoms with Gasteiger partial charge in [-0.2, -0.15) is 0 Å². The first-order valence-electron chi connectivity index (χ1n) is 2.57. The maximum atomic E-state index is 10.4. The molecule has 1 amide bonds. The summed E-state index contributed by atoms with van der Waals surface area (Å²) in [5, 5.41) is 2.81. The normalized spacial score (nSPS) is 11.8. The molecule has 0 aliphatic heterocycles. The van der Waals surface area contributed by atoms with Crippen LogP contribution < -0.4 is 5.73 Å². The molecule has 0 rings (SSSR count). The molecular formula is C4H8N4O. The zero-order valence-electron chi connectivity index (χ0n) is 5.11. The van der Waals surface area contributed by atoms with Crippen molar-refractivity contribution in [1.29, 1.82) is 0 Å². The number of amides is 1. The molecule has 0 aromatic carbocycles. The molecular weight excluding hydrogens is 120 g/mol. The predicted octanol–water partition coefficient (Wildman–Crippen LogP) is 0.561. The first-order chi connectivity index (χ1) is 4.22. The summed E-state index contributed by atoms with van der Waals surface area (Å²) in [4.78, 5) is 12.7. The zero-order chi connectivity index (χ0) is 7.28. The van der Waals surface area contributed by atoms with Crippen LogP contribution in [0.1, 0.15) is 13.3 Å². The first-order valence-corrected chi connectivity index (χ1v) is 2.57. The summed E-state index contributed by atoms with van der Waals surface area (Å²) >= 11 is 0. The molecule has 0 aliphatic carbocycles. The Morgan fingerprint density at radius 2 is 2.56 bits per heavy atom. The lowest BCUT2D eigenvalue weighted by Crippen LogP contribution is -2.27. The van der Waals surface area contributed by atoms with Crippen LogP contribution in [0.3, 0.4) is 0 Å². The molecule has 0 spiro atoms. The standard InChI is InChI=1S/C4H8N4O/c1-2-3(5)4(9)7-8-6/h3H,2,5H2,1H3/t3-/m0/s1.